The maximum Gasteiger partial charge on any atom is 0.104 e. The topological polar surface area (TPSA) is 30.5 Å². The van der Waals surface area contributed by atoms with Gasteiger partial charge >= 0.3 is 0 Å². The zero-order valence-electron chi connectivity index (χ0n) is 10.6. The molecule has 0 bridgehead atoms. The van der Waals surface area contributed by atoms with E-state index >= 15 is 0 Å². The summed E-state index contributed by atoms with van der Waals surface area (Å²) in [6.45, 7) is 7.39. The molecule has 0 saturated carbocycles. The molecule has 3 nitrogen and oxygen atoms in total. The van der Waals surface area contributed by atoms with E-state index in [9.17, 15) is 0 Å². The van der Waals surface area contributed by atoms with Crippen molar-refractivity contribution in [1.82, 2.24) is 5.32 Å². The number of hydrogen-bond donors (Lipinski definition) is 1. The van der Waals surface area contributed by atoms with E-state index in [4.69, 9.17) is 9.47 Å². The standard InChI is InChI=1S/C14H21NO2/c1-3-15-14(10-17-13-8-16-9-13)12-6-4-5-11(2)7-12/h4-7,13-15H,3,8-10H2,1-2H3. The second kappa shape index (κ2) is 6.15. The molecule has 0 aliphatic carbocycles. The van der Waals surface area contributed by atoms with Crippen LogP contribution in [0.3, 0.4) is 0 Å². The van der Waals surface area contributed by atoms with Crippen LogP contribution in [0.25, 0.3) is 0 Å². The second-order valence-electron chi connectivity index (χ2n) is 4.52. The molecular weight excluding hydrogens is 214 g/mol. The van der Waals surface area contributed by atoms with E-state index in [-0.39, 0.29) is 6.04 Å². The Balaban J connectivity index is 1.94. The van der Waals surface area contributed by atoms with Gasteiger partial charge in [-0.05, 0) is 19.0 Å². The molecule has 0 radical (unpaired) electrons. The first-order valence-corrected chi connectivity index (χ1v) is 6.29. The zero-order valence-corrected chi connectivity index (χ0v) is 10.6. The average molecular weight is 235 g/mol. The number of likely N-dealkylation sites (N-methyl/N-ethyl adjacent to an activating group) is 1. The van der Waals surface area contributed by atoms with Crippen LogP contribution in [0.5, 0.6) is 0 Å². The van der Waals surface area contributed by atoms with Gasteiger partial charge in [-0.2, -0.15) is 0 Å². The van der Waals surface area contributed by atoms with E-state index in [1.165, 1.54) is 11.1 Å². The fraction of sp³-hybridized carbons (Fsp3) is 0.571. The Morgan fingerprint density at radius 1 is 1.47 bits per heavy atom. The first kappa shape index (κ1) is 12.6. The first-order valence-electron chi connectivity index (χ1n) is 6.29. The molecule has 0 aromatic heterocycles. The van der Waals surface area contributed by atoms with Crippen molar-refractivity contribution in [2.75, 3.05) is 26.4 Å². The number of ether oxygens (including phenoxy) is 2. The van der Waals surface area contributed by atoms with Gasteiger partial charge in [-0.1, -0.05) is 36.8 Å². The average Bonchev–Trinajstić information content (AvgIpc) is 2.25. The first-order chi connectivity index (χ1) is 8.29. The number of nitrogens with one attached hydrogen (secondary N) is 1. The fourth-order valence-corrected chi connectivity index (χ4v) is 1.95. The van der Waals surface area contributed by atoms with Crippen LogP contribution in [0.1, 0.15) is 24.1 Å². The molecule has 1 fully saturated rings. The van der Waals surface area contributed by atoms with Crippen molar-refractivity contribution >= 4 is 0 Å². The maximum absolute atomic E-state index is 5.80. The normalized spacial score (nSPS) is 17.8. The summed E-state index contributed by atoms with van der Waals surface area (Å²) in [7, 11) is 0. The Labute approximate surface area is 103 Å². The number of rotatable bonds is 6. The number of aryl methyl sites for hydroxylation is 1. The Bertz CT molecular complexity index is 350. The Morgan fingerprint density at radius 3 is 2.88 bits per heavy atom. The highest BCUT2D eigenvalue weighted by Crippen LogP contribution is 2.17. The molecule has 1 aromatic rings. The van der Waals surface area contributed by atoms with Gasteiger partial charge in [0.05, 0.1) is 25.9 Å². The van der Waals surface area contributed by atoms with Gasteiger partial charge in [-0.25, -0.2) is 0 Å². The molecule has 17 heavy (non-hydrogen) atoms. The van der Waals surface area contributed by atoms with Gasteiger partial charge in [0, 0.05) is 0 Å². The summed E-state index contributed by atoms with van der Waals surface area (Å²) in [6, 6.07) is 8.87. The van der Waals surface area contributed by atoms with Crippen molar-refractivity contribution in [2.45, 2.75) is 26.0 Å². The molecule has 2 rings (SSSR count). The third kappa shape index (κ3) is 3.53. The van der Waals surface area contributed by atoms with Crippen molar-refractivity contribution in [3.05, 3.63) is 35.4 Å². The molecule has 1 aliphatic rings. The number of benzene rings is 1. The molecule has 0 spiro atoms. The minimum absolute atomic E-state index is 0.278. The summed E-state index contributed by atoms with van der Waals surface area (Å²) in [4.78, 5) is 0. The van der Waals surface area contributed by atoms with E-state index in [0.29, 0.717) is 12.7 Å². The molecule has 94 valence electrons. The fourth-order valence-electron chi connectivity index (χ4n) is 1.95. The largest absolute Gasteiger partial charge is 0.376 e. The van der Waals surface area contributed by atoms with Gasteiger partial charge in [0.25, 0.3) is 0 Å². The van der Waals surface area contributed by atoms with E-state index < -0.39 is 0 Å². The highest BCUT2D eigenvalue weighted by molar-refractivity contribution is 5.25. The van der Waals surface area contributed by atoms with Crippen LogP contribution in [0.15, 0.2) is 24.3 Å². The third-order valence-corrected chi connectivity index (χ3v) is 3.00. The van der Waals surface area contributed by atoms with E-state index in [2.05, 4.69) is 43.4 Å². The van der Waals surface area contributed by atoms with E-state index in [0.717, 1.165) is 19.8 Å². The van der Waals surface area contributed by atoms with E-state index in [1.807, 2.05) is 0 Å². The molecule has 1 saturated heterocycles. The summed E-state index contributed by atoms with van der Waals surface area (Å²) in [5.74, 6) is 0. The zero-order chi connectivity index (χ0) is 12.1. The lowest BCUT2D eigenvalue weighted by Crippen LogP contribution is -2.38. The third-order valence-electron chi connectivity index (χ3n) is 3.00. The lowest BCUT2D eigenvalue weighted by Gasteiger charge is -2.28. The Kier molecular flexibility index (Phi) is 4.54. The van der Waals surface area contributed by atoms with Crippen LogP contribution in [0, 0.1) is 6.92 Å². The molecule has 1 unspecified atom stereocenters. The monoisotopic (exact) mass is 235 g/mol. The van der Waals surface area contributed by atoms with E-state index in [1.54, 1.807) is 0 Å². The quantitative estimate of drug-likeness (QED) is 0.818. The summed E-state index contributed by atoms with van der Waals surface area (Å²) in [5.41, 5.74) is 2.59. The van der Waals surface area contributed by atoms with Gasteiger partial charge in [-0.15, -0.1) is 0 Å². The van der Waals surface area contributed by atoms with Crippen molar-refractivity contribution in [1.29, 1.82) is 0 Å². The van der Waals surface area contributed by atoms with Crippen molar-refractivity contribution < 1.29 is 9.47 Å². The molecule has 1 N–H and O–H groups in total. The minimum Gasteiger partial charge on any atom is -0.376 e. The lowest BCUT2D eigenvalue weighted by atomic mass is 10.0. The SMILES string of the molecule is CCNC(COC1COC1)c1cccc(C)c1. The summed E-state index contributed by atoms with van der Waals surface area (Å²) < 4.78 is 10.9. The van der Waals surface area contributed by atoms with Gasteiger partial charge < -0.3 is 14.8 Å². The van der Waals surface area contributed by atoms with Crippen molar-refractivity contribution in [3.63, 3.8) is 0 Å². The van der Waals surface area contributed by atoms with Gasteiger partial charge in [0.15, 0.2) is 0 Å². The highest BCUT2D eigenvalue weighted by Gasteiger charge is 2.21. The van der Waals surface area contributed by atoms with Gasteiger partial charge in [0.2, 0.25) is 0 Å². The molecule has 0 amide bonds. The molecule has 1 atom stereocenters. The molecule has 1 aliphatic heterocycles. The molecular formula is C14H21NO2. The Hall–Kier alpha value is -0.900. The molecule has 3 heteroatoms. The highest BCUT2D eigenvalue weighted by atomic mass is 16.6. The predicted octanol–water partition coefficient (Wildman–Crippen LogP) is 2.06. The van der Waals surface area contributed by atoms with Crippen molar-refractivity contribution in [3.8, 4) is 0 Å². The van der Waals surface area contributed by atoms with Gasteiger partial charge in [0.1, 0.15) is 6.10 Å². The van der Waals surface area contributed by atoms with Crippen LogP contribution in [0.4, 0.5) is 0 Å². The maximum atomic E-state index is 5.80. The van der Waals surface area contributed by atoms with Crippen LogP contribution in [-0.2, 0) is 9.47 Å². The summed E-state index contributed by atoms with van der Waals surface area (Å²) in [5, 5.41) is 3.46. The second-order valence-corrected chi connectivity index (χ2v) is 4.52. The molecule has 1 heterocycles. The van der Waals surface area contributed by atoms with Crippen LogP contribution < -0.4 is 5.32 Å². The smallest absolute Gasteiger partial charge is 0.104 e. The number of hydrogen-bond acceptors (Lipinski definition) is 3. The van der Waals surface area contributed by atoms with Crippen LogP contribution >= 0.6 is 0 Å². The van der Waals surface area contributed by atoms with Crippen LogP contribution in [-0.4, -0.2) is 32.5 Å². The lowest BCUT2D eigenvalue weighted by molar-refractivity contribution is -0.133. The Morgan fingerprint density at radius 2 is 2.29 bits per heavy atom. The minimum atomic E-state index is 0.278. The predicted molar refractivity (Wildman–Crippen MR) is 68.2 cm³/mol. The van der Waals surface area contributed by atoms with Gasteiger partial charge in [-0.3, -0.25) is 0 Å². The molecule has 1 aromatic carbocycles. The summed E-state index contributed by atoms with van der Waals surface area (Å²) in [6.07, 6.45) is 0.293. The van der Waals surface area contributed by atoms with Crippen LogP contribution in [0.2, 0.25) is 0 Å². The van der Waals surface area contributed by atoms with Crippen molar-refractivity contribution in [2.24, 2.45) is 0 Å². The summed E-state index contributed by atoms with van der Waals surface area (Å²) >= 11 is 0.